The molecule has 188 valence electrons. The molecule has 1 aromatic carbocycles. The molecule has 2 bridgehead atoms. The van der Waals surface area contributed by atoms with Crippen molar-refractivity contribution in [1.82, 2.24) is 0 Å². The third-order valence-electron chi connectivity index (χ3n) is 6.46. The summed E-state index contributed by atoms with van der Waals surface area (Å²) in [6.07, 6.45) is -3.02. The molecule has 6 atom stereocenters. The number of benzene rings is 1. The van der Waals surface area contributed by atoms with Crippen LogP contribution in [0.2, 0.25) is 0 Å². The number of halogens is 6. The third-order valence-corrected chi connectivity index (χ3v) is 9.33. The fourth-order valence-corrected chi connectivity index (χ4v) is 7.28. The van der Waals surface area contributed by atoms with Crippen molar-refractivity contribution < 1.29 is 49.5 Å². The van der Waals surface area contributed by atoms with E-state index in [0.29, 0.717) is 12.7 Å². The van der Waals surface area contributed by atoms with E-state index in [0.717, 1.165) is 0 Å². The van der Waals surface area contributed by atoms with Gasteiger partial charge in [-0.15, -0.1) is 0 Å². The summed E-state index contributed by atoms with van der Waals surface area (Å²) in [5.74, 6) is -9.20. The zero-order valence-corrected chi connectivity index (χ0v) is 22.4. The van der Waals surface area contributed by atoms with Crippen LogP contribution in [0.3, 0.4) is 0 Å². The number of alkyl halides is 4. The van der Waals surface area contributed by atoms with Crippen molar-refractivity contribution in [3.05, 3.63) is 37.0 Å². The van der Waals surface area contributed by atoms with Gasteiger partial charge < -0.3 is 18.8 Å². The smallest absolute Gasteiger partial charge is 0.396 e. The van der Waals surface area contributed by atoms with Gasteiger partial charge in [-0.2, -0.15) is 17.6 Å². The largest absolute Gasteiger partial charge is 0.743 e. The molecular formula is C20H17F4I2O7S-. The first-order valence-corrected chi connectivity index (χ1v) is 13.5. The Morgan fingerprint density at radius 2 is 1.79 bits per heavy atom. The van der Waals surface area contributed by atoms with Crippen LogP contribution in [0.15, 0.2) is 24.3 Å². The summed E-state index contributed by atoms with van der Waals surface area (Å²) in [7, 11) is -6.58. The second-order valence-electron chi connectivity index (χ2n) is 8.58. The molecule has 3 fully saturated rings. The van der Waals surface area contributed by atoms with Gasteiger partial charge in [0.25, 0.3) is 0 Å². The van der Waals surface area contributed by atoms with E-state index in [4.69, 9.17) is 14.2 Å². The van der Waals surface area contributed by atoms with Gasteiger partial charge in [0.1, 0.15) is 0 Å². The predicted molar refractivity (Wildman–Crippen MR) is 124 cm³/mol. The summed E-state index contributed by atoms with van der Waals surface area (Å²) in [5.41, 5.74) is 0.635. The number of esters is 1. The van der Waals surface area contributed by atoms with Crippen molar-refractivity contribution in [3.63, 3.8) is 0 Å². The van der Waals surface area contributed by atoms with Gasteiger partial charge in [0.2, 0.25) is 0 Å². The second-order valence-corrected chi connectivity index (χ2v) is 12.2. The molecule has 0 aromatic heterocycles. The highest BCUT2D eigenvalue weighted by molar-refractivity contribution is 14.1. The van der Waals surface area contributed by atoms with Crippen molar-refractivity contribution in [1.29, 1.82) is 0 Å². The predicted octanol–water partition coefficient (Wildman–Crippen LogP) is 4.59. The van der Waals surface area contributed by atoms with Crippen LogP contribution < -0.4 is 4.74 Å². The van der Waals surface area contributed by atoms with Gasteiger partial charge in [-0.25, -0.2) is 13.2 Å². The monoisotopic (exact) mass is 731 g/mol. The molecular weight excluding hydrogens is 714 g/mol. The minimum absolute atomic E-state index is 0.0859. The SMILES string of the molecule is C=C(C)C(=O)Oc1c(I)ccc(C2OC3C4CC(C3O2)C(C(F)(F)C(F)(F)S(=O)(=O)[O-])C4)c1I. The van der Waals surface area contributed by atoms with Crippen LogP contribution in [-0.4, -0.2) is 42.3 Å². The Bertz CT molecular complexity index is 1160. The van der Waals surface area contributed by atoms with Crippen LogP contribution >= 0.6 is 45.2 Å². The first-order chi connectivity index (χ1) is 15.6. The van der Waals surface area contributed by atoms with Gasteiger partial charge >= 0.3 is 17.1 Å². The Labute approximate surface area is 219 Å². The lowest BCUT2D eigenvalue weighted by molar-refractivity contribution is -0.211. The highest BCUT2D eigenvalue weighted by atomic mass is 127. The topological polar surface area (TPSA) is 102 Å². The molecule has 1 saturated heterocycles. The van der Waals surface area contributed by atoms with E-state index in [2.05, 4.69) is 6.58 Å². The van der Waals surface area contributed by atoms with E-state index in [1.54, 1.807) is 12.1 Å². The first-order valence-electron chi connectivity index (χ1n) is 9.95. The molecule has 14 heteroatoms. The summed E-state index contributed by atoms with van der Waals surface area (Å²) >= 11 is 3.90. The summed E-state index contributed by atoms with van der Waals surface area (Å²) in [6.45, 7) is 5.02. The van der Waals surface area contributed by atoms with E-state index in [1.165, 1.54) is 6.92 Å². The highest BCUT2D eigenvalue weighted by Crippen LogP contribution is 2.62. The first kappa shape index (κ1) is 26.5. The summed E-state index contributed by atoms with van der Waals surface area (Å²) in [6, 6.07) is 3.30. The number of ether oxygens (including phenoxy) is 3. The molecule has 0 spiro atoms. The number of fused-ring (bicyclic) bond motifs is 5. The summed E-state index contributed by atoms with van der Waals surface area (Å²) in [4.78, 5) is 12.0. The van der Waals surface area contributed by atoms with Crippen LogP contribution in [0.25, 0.3) is 0 Å². The van der Waals surface area contributed by atoms with Crippen molar-refractivity contribution in [2.24, 2.45) is 17.8 Å². The van der Waals surface area contributed by atoms with Crippen molar-refractivity contribution in [3.8, 4) is 5.75 Å². The second kappa shape index (κ2) is 8.78. The molecule has 0 radical (unpaired) electrons. The average Bonchev–Trinajstić information content (AvgIpc) is 3.41. The number of hydrogen-bond donors (Lipinski definition) is 0. The summed E-state index contributed by atoms with van der Waals surface area (Å²) < 4.78 is 108. The Balaban J connectivity index is 1.58. The fourth-order valence-electron chi connectivity index (χ4n) is 4.89. The van der Waals surface area contributed by atoms with E-state index < -0.39 is 69.9 Å². The van der Waals surface area contributed by atoms with Crippen LogP contribution in [0, 0.1) is 24.9 Å². The minimum atomic E-state index is -6.58. The minimum Gasteiger partial charge on any atom is -0.743 e. The normalized spacial score (nSPS) is 30.9. The summed E-state index contributed by atoms with van der Waals surface area (Å²) in [5, 5.41) is -5.74. The molecule has 2 saturated carbocycles. The molecule has 3 aliphatic rings. The molecule has 1 heterocycles. The molecule has 1 aliphatic heterocycles. The molecule has 0 N–H and O–H groups in total. The van der Waals surface area contributed by atoms with Gasteiger partial charge in [-0.3, -0.25) is 0 Å². The maximum Gasteiger partial charge on any atom is 0.396 e. The van der Waals surface area contributed by atoms with Crippen LogP contribution in [-0.2, 0) is 24.4 Å². The van der Waals surface area contributed by atoms with Gasteiger partial charge in [-0.1, -0.05) is 12.6 Å². The number of carbonyl (C=O) groups excluding carboxylic acids is 1. The lowest BCUT2D eigenvalue weighted by Crippen LogP contribution is -2.55. The van der Waals surface area contributed by atoms with Crippen molar-refractivity contribution >= 4 is 61.3 Å². The van der Waals surface area contributed by atoms with E-state index >= 15 is 0 Å². The standard InChI is InChI=1S/C20H18F4I2O7S/c1-7(2)17(27)31-16-12(25)4-3-9(13(16)26)18-32-14-8-5-10(15(14)33-18)11(6-8)19(21,22)20(23,24)34(28,29)30/h3-4,8,10-11,14-15,18H,1,5-6H2,2H3,(H,28,29,30)/p-1. The number of rotatable bonds is 6. The quantitative estimate of drug-likeness (QED) is 0.105. The van der Waals surface area contributed by atoms with Crippen LogP contribution in [0.5, 0.6) is 5.75 Å². The Kier molecular flexibility index (Phi) is 6.84. The van der Waals surface area contributed by atoms with Gasteiger partial charge in [0.05, 0.1) is 19.3 Å². The Morgan fingerprint density at radius 1 is 1.18 bits per heavy atom. The lowest BCUT2D eigenvalue weighted by atomic mass is 9.81. The Morgan fingerprint density at radius 3 is 2.38 bits per heavy atom. The van der Waals surface area contributed by atoms with E-state index in [1.807, 2.05) is 45.2 Å². The molecule has 34 heavy (non-hydrogen) atoms. The Hall–Kier alpha value is -0.560. The van der Waals surface area contributed by atoms with Crippen molar-refractivity contribution in [2.75, 3.05) is 0 Å². The maximum atomic E-state index is 14.6. The molecule has 1 aromatic rings. The van der Waals surface area contributed by atoms with Gasteiger partial charge in [0.15, 0.2) is 22.2 Å². The molecule has 4 rings (SSSR count). The maximum absolute atomic E-state index is 14.6. The van der Waals surface area contributed by atoms with E-state index in [-0.39, 0.29) is 17.7 Å². The number of hydrogen-bond acceptors (Lipinski definition) is 7. The van der Waals surface area contributed by atoms with Crippen molar-refractivity contribution in [2.45, 2.75) is 49.4 Å². The average molecular weight is 731 g/mol. The fraction of sp³-hybridized carbons (Fsp3) is 0.550. The molecule has 2 aliphatic carbocycles. The van der Waals surface area contributed by atoms with Crippen LogP contribution in [0.1, 0.15) is 31.6 Å². The highest BCUT2D eigenvalue weighted by Gasteiger charge is 2.72. The molecule has 7 nitrogen and oxygen atoms in total. The lowest BCUT2D eigenvalue weighted by Gasteiger charge is -2.38. The van der Waals surface area contributed by atoms with Gasteiger partial charge in [-0.05, 0) is 82.8 Å². The van der Waals surface area contributed by atoms with Crippen LogP contribution in [0.4, 0.5) is 17.6 Å². The zero-order valence-electron chi connectivity index (χ0n) is 17.3. The number of carbonyl (C=O) groups is 1. The molecule has 0 amide bonds. The van der Waals surface area contributed by atoms with E-state index in [9.17, 15) is 35.3 Å². The van der Waals surface area contributed by atoms with Gasteiger partial charge in [0, 0.05) is 17.1 Å². The third kappa shape index (κ3) is 4.09. The zero-order chi connectivity index (χ0) is 25.4. The molecule has 6 unspecified atom stereocenters.